The molecule has 0 spiro atoms. The van der Waals surface area contributed by atoms with Crippen molar-refractivity contribution in [2.24, 2.45) is 7.05 Å². The average molecular weight is 255 g/mol. The first-order chi connectivity index (χ1) is 9.24. The van der Waals surface area contributed by atoms with Gasteiger partial charge >= 0.3 is 0 Å². The zero-order valence-electron chi connectivity index (χ0n) is 10.4. The van der Waals surface area contributed by atoms with E-state index in [0.29, 0.717) is 12.1 Å². The molecule has 0 aliphatic rings. The van der Waals surface area contributed by atoms with Crippen molar-refractivity contribution in [2.75, 3.05) is 0 Å². The molecule has 0 aliphatic carbocycles. The van der Waals surface area contributed by atoms with E-state index in [-0.39, 0.29) is 5.91 Å². The second-order valence-electron chi connectivity index (χ2n) is 4.32. The van der Waals surface area contributed by atoms with E-state index in [9.17, 15) is 4.79 Å². The lowest BCUT2D eigenvalue weighted by Gasteiger charge is -2.04. The van der Waals surface area contributed by atoms with Crippen LogP contribution in [0.2, 0.25) is 0 Å². The molecule has 96 valence electrons. The minimum absolute atomic E-state index is 0.119. The lowest BCUT2D eigenvalue weighted by molar-refractivity contribution is 0.0949. The first-order valence-electron chi connectivity index (χ1n) is 5.92. The number of carbonyl (C=O) groups excluding carboxylic acids is 1. The lowest BCUT2D eigenvalue weighted by Crippen LogP contribution is -2.24. The highest BCUT2D eigenvalue weighted by atomic mass is 16.1. The maximum Gasteiger partial charge on any atom is 0.251 e. The number of nitrogens with zero attached hydrogens (tertiary/aromatic N) is 3. The first-order valence-corrected chi connectivity index (χ1v) is 5.92. The van der Waals surface area contributed by atoms with Crippen molar-refractivity contribution in [3.8, 4) is 0 Å². The Balaban J connectivity index is 1.74. The van der Waals surface area contributed by atoms with E-state index in [1.54, 1.807) is 17.0 Å². The Bertz CT molecular complexity index is 727. The summed E-state index contributed by atoms with van der Waals surface area (Å²) in [5.41, 5.74) is 1.65. The summed E-state index contributed by atoms with van der Waals surface area (Å²) in [5, 5.41) is 11.5. The number of hydrogen-bond acceptors (Lipinski definition) is 3. The number of aromatic amines is 1. The van der Waals surface area contributed by atoms with Crippen LogP contribution in [0, 0.1) is 0 Å². The Labute approximate surface area is 109 Å². The average Bonchev–Trinajstić information content (AvgIpc) is 3.03. The molecule has 0 saturated carbocycles. The van der Waals surface area contributed by atoms with Crippen molar-refractivity contribution in [3.05, 3.63) is 48.2 Å². The maximum absolute atomic E-state index is 12.0. The summed E-state index contributed by atoms with van der Waals surface area (Å²) in [4.78, 5) is 15.1. The number of aryl methyl sites for hydroxylation is 1. The van der Waals surface area contributed by atoms with Gasteiger partial charge in [0.1, 0.15) is 6.33 Å². The van der Waals surface area contributed by atoms with Crippen LogP contribution in [-0.4, -0.2) is 25.7 Å². The number of H-pyrrole nitrogens is 1. The van der Waals surface area contributed by atoms with Gasteiger partial charge in [-0.15, -0.1) is 10.2 Å². The number of benzene rings is 1. The van der Waals surface area contributed by atoms with E-state index in [1.807, 2.05) is 31.4 Å². The molecule has 1 aromatic carbocycles. The van der Waals surface area contributed by atoms with E-state index in [0.717, 1.165) is 16.7 Å². The Hall–Kier alpha value is -2.63. The van der Waals surface area contributed by atoms with Gasteiger partial charge in [0.2, 0.25) is 0 Å². The third-order valence-corrected chi connectivity index (χ3v) is 3.03. The van der Waals surface area contributed by atoms with E-state index >= 15 is 0 Å². The summed E-state index contributed by atoms with van der Waals surface area (Å²) < 4.78 is 1.77. The van der Waals surface area contributed by atoms with Gasteiger partial charge < -0.3 is 14.9 Å². The Morgan fingerprint density at radius 2 is 2.32 bits per heavy atom. The van der Waals surface area contributed by atoms with Gasteiger partial charge in [0.05, 0.1) is 6.54 Å². The molecule has 1 amide bonds. The summed E-state index contributed by atoms with van der Waals surface area (Å²) in [7, 11) is 1.84. The van der Waals surface area contributed by atoms with Crippen LogP contribution < -0.4 is 5.32 Å². The predicted octanol–water partition coefficient (Wildman–Crippen LogP) is 1.23. The highest BCUT2D eigenvalue weighted by Gasteiger charge is 2.08. The minimum Gasteiger partial charge on any atom is -0.361 e. The second kappa shape index (κ2) is 4.56. The van der Waals surface area contributed by atoms with Gasteiger partial charge in [0, 0.05) is 29.7 Å². The smallest absolute Gasteiger partial charge is 0.251 e. The monoisotopic (exact) mass is 255 g/mol. The number of carbonyl (C=O) groups is 1. The zero-order valence-corrected chi connectivity index (χ0v) is 10.4. The number of fused-ring (bicyclic) bond motifs is 1. The standard InChI is InChI=1S/C13H13N5O/c1-18-8-16-17-12(18)7-15-13(19)10-2-3-11-9(6-10)4-5-14-11/h2-6,8,14H,7H2,1H3,(H,15,19). The Morgan fingerprint density at radius 1 is 1.42 bits per heavy atom. The molecule has 19 heavy (non-hydrogen) atoms. The molecule has 0 atom stereocenters. The largest absolute Gasteiger partial charge is 0.361 e. The van der Waals surface area contributed by atoms with Crippen LogP contribution in [0.1, 0.15) is 16.2 Å². The fourth-order valence-electron chi connectivity index (χ4n) is 1.92. The third-order valence-electron chi connectivity index (χ3n) is 3.03. The van der Waals surface area contributed by atoms with Gasteiger partial charge in [-0.3, -0.25) is 4.79 Å². The van der Waals surface area contributed by atoms with Crippen molar-refractivity contribution >= 4 is 16.8 Å². The molecule has 2 N–H and O–H groups in total. The number of nitrogens with one attached hydrogen (secondary N) is 2. The summed E-state index contributed by atoms with van der Waals surface area (Å²) in [5.74, 6) is 0.599. The third kappa shape index (κ3) is 2.20. The zero-order chi connectivity index (χ0) is 13.2. The van der Waals surface area contributed by atoms with Crippen molar-refractivity contribution in [1.29, 1.82) is 0 Å². The molecule has 0 aliphatic heterocycles. The topological polar surface area (TPSA) is 75.6 Å². The molecule has 2 aromatic heterocycles. The predicted molar refractivity (Wildman–Crippen MR) is 70.5 cm³/mol. The molecule has 3 rings (SSSR count). The van der Waals surface area contributed by atoms with Gasteiger partial charge in [0.15, 0.2) is 5.82 Å². The van der Waals surface area contributed by atoms with E-state index in [2.05, 4.69) is 20.5 Å². The van der Waals surface area contributed by atoms with Gasteiger partial charge in [-0.1, -0.05) is 0 Å². The molecular weight excluding hydrogens is 242 g/mol. The Kier molecular flexibility index (Phi) is 2.75. The molecule has 0 bridgehead atoms. The van der Waals surface area contributed by atoms with Gasteiger partial charge in [0.25, 0.3) is 5.91 Å². The molecule has 6 heteroatoms. The number of hydrogen-bond donors (Lipinski definition) is 2. The molecule has 0 unspecified atom stereocenters. The van der Waals surface area contributed by atoms with Crippen molar-refractivity contribution < 1.29 is 4.79 Å². The van der Waals surface area contributed by atoms with E-state index < -0.39 is 0 Å². The van der Waals surface area contributed by atoms with Crippen LogP contribution in [0.5, 0.6) is 0 Å². The van der Waals surface area contributed by atoms with Crippen LogP contribution in [0.4, 0.5) is 0 Å². The number of amides is 1. The SMILES string of the molecule is Cn1cnnc1CNC(=O)c1ccc2[nH]ccc2c1. The van der Waals surface area contributed by atoms with Crippen molar-refractivity contribution in [1.82, 2.24) is 25.1 Å². The normalized spacial score (nSPS) is 10.8. The van der Waals surface area contributed by atoms with Gasteiger partial charge in [-0.2, -0.15) is 0 Å². The fourth-order valence-corrected chi connectivity index (χ4v) is 1.92. The molecule has 0 radical (unpaired) electrons. The Morgan fingerprint density at radius 3 is 3.11 bits per heavy atom. The summed E-state index contributed by atoms with van der Waals surface area (Å²) >= 11 is 0. The number of rotatable bonds is 3. The molecule has 0 fully saturated rings. The van der Waals surface area contributed by atoms with Crippen LogP contribution in [0.3, 0.4) is 0 Å². The molecule has 2 heterocycles. The van der Waals surface area contributed by atoms with Crippen molar-refractivity contribution in [3.63, 3.8) is 0 Å². The quantitative estimate of drug-likeness (QED) is 0.739. The van der Waals surface area contributed by atoms with Crippen molar-refractivity contribution in [2.45, 2.75) is 6.54 Å². The first kappa shape index (κ1) is 11.5. The van der Waals surface area contributed by atoms with E-state index in [4.69, 9.17) is 0 Å². The molecule has 3 aromatic rings. The lowest BCUT2D eigenvalue weighted by atomic mass is 10.1. The maximum atomic E-state index is 12.0. The minimum atomic E-state index is -0.119. The molecule has 6 nitrogen and oxygen atoms in total. The summed E-state index contributed by atoms with van der Waals surface area (Å²) in [6.07, 6.45) is 3.46. The second-order valence-corrected chi connectivity index (χ2v) is 4.32. The van der Waals surface area contributed by atoms with Crippen LogP contribution in [-0.2, 0) is 13.6 Å². The van der Waals surface area contributed by atoms with Crippen LogP contribution >= 0.6 is 0 Å². The van der Waals surface area contributed by atoms with Crippen LogP contribution in [0.15, 0.2) is 36.8 Å². The highest BCUT2D eigenvalue weighted by Crippen LogP contribution is 2.14. The van der Waals surface area contributed by atoms with Gasteiger partial charge in [-0.05, 0) is 24.3 Å². The number of aromatic nitrogens is 4. The van der Waals surface area contributed by atoms with Crippen LogP contribution in [0.25, 0.3) is 10.9 Å². The summed E-state index contributed by atoms with van der Waals surface area (Å²) in [6.45, 7) is 0.362. The molecular formula is C13H13N5O. The van der Waals surface area contributed by atoms with Gasteiger partial charge in [-0.25, -0.2) is 0 Å². The van der Waals surface area contributed by atoms with E-state index in [1.165, 1.54) is 0 Å². The molecule has 0 saturated heterocycles. The highest BCUT2D eigenvalue weighted by molar-refractivity contribution is 5.97. The fraction of sp³-hybridized carbons (Fsp3) is 0.154. The summed E-state index contributed by atoms with van der Waals surface area (Å²) in [6, 6.07) is 7.49.